The summed E-state index contributed by atoms with van der Waals surface area (Å²) in [6.45, 7) is 5.77. The summed E-state index contributed by atoms with van der Waals surface area (Å²) in [6, 6.07) is 0.255. The van der Waals surface area contributed by atoms with Gasteiger partial charge >= 0.3 is 5.97 Å². The summed E-state index contributed by atoms with van der Waals surface area (Å²) in [6.07, 6.45) is 1.56. The Morgan fingerprint density at radius 3 is 2.50 bits per heavy atom. The van der Waals surface area contributed by atoms with Gasteiger partial charge in [0.05, 0.1) is 0 Å². The van der Waals surface area contributed by atoms with Crippen LogP contribution in [0, 0.1) is 6.92 Å². The Hall–Kier alpha value is -1.32. The number of imidazole rings is 1. The molecule has 0 unspecified atom stereocenters. The molecule has 0 fully saturated rings. The summed E-state index contributed by atoms with van der Waals surface area (Å²) in [7, 11) is 0. The average molecular weight is 168 g/mol. The summed E-state index contributed by atoms with van der Waals surface area (Å²) < 4.78 is 1.84. The largest absolute Gasteiger partial charge is 0.476 e. The van der Waals surface area contributed by atoms with Crippen molar-refractivity contribution in [3.05, 3.63) is 17.7 Å². The molecule has 0 aliphatic heterocycles. The third kappa shape index (κ3) is 1.47. The van der Waals surface area contributed by atoms with Gasteiger partial charge in [0.25, 0.3) is 0 Å². The van der Waals surface area contributed by atoms with Crippen molar-refractivity contribution in [1.29, 1.82) is 0 Å². The first-order chi connectivity index (χ1) is 5.52. The van der Waals surface area contributed by atoms with Crippen molar-refractivity contribution >= 4 is 5.97 Å². The lowest BCUT2D eigenvalue weighted by Gasteiger charge is -2.07. The van der Waals surface area contributed by atoms with Crippen LogP contribution in [0.4, 0.5) is 0 Å². The van der Waals surface area contributed by atoms with E-state index in [0.717, 1.165) is 5.82 Å². The number of aryl methyl sites for hydroxylation is 1. The van der Waals surface area contributed by atoms with E-state index in [1.54, 1.807) is 13.1 Å². The van der Waals surface area contributed by atoms with E-state index in [1.807, 2.05) is 18.4 Å². The van der Waals surface area contributed by atoms with E-state index in [9.17, 15) is 4.79 Å². The van der Waals surface area contributed by atoms with Crippen LogP contribution < -0.4 is 0 Å². The smallest absolute Gasteiger partial charge is 0.356 e. The fraction of sp³-hybridized carbons (Fsp3) is 0.500. The van der Waals surface area contributed by atoms with Gasteiger partial charge in [-0.3, -0.25) is 0 Å². The van der Waals surface area contributed by atoms with Gasteiger partial charge in [-0.15, -0.1) is 0 Å². The molecule has 0 aliphatic rings. The predicted molar refractivity (Wildman–Crippen MR) is 44.3 cm³/mol. The molecule has 1 heterocycles. The third-order valence-corrected chi connectivity index (χ3v) is 1.69. The number of aromatic carboxylic acids is 1. The molecule has 0 radical (unpaired) electrons. The maximum atomic E-state index is 10.5. The molecule has 1 aromatic rings. The number of aromatic nitrogens is 2. The molecule has 1 aromatic heterocycles. The third-order valence-electron chi connectivity index (χ3n) is 1.69. The molecule has 0 aromatic carbocycles. The first kappa shape index (κ1) is 8.77. The molecule has 4 nitrogen and oxygen atoms in total. The van der Waals surface area contributed by atoms with Crippen LogP contribution in [0.1, 0.15) is 36.2 Å². The van der Waals surface area contributed by atoms with Gasteiger partial charge in [0.1, 0.15) is 5.82 Å². The zero-order valence-electron chi connectivity index (χ0n) is 7.40. The molecule has 0 saturated carbocycles. The SMILES string of the molecule is Cc1nc(C(=O)O)cn1C(C)C. The van der Waals surface area contributed by atoms with Gasteiger partial charge in [0.2, 0.25) is 0 Å². The van der Waals surface area contributed by atoms with Gasteiger partial charge in [0.15, 0.2) is 5.69 Å². The second kappa shape index (κ2) is 2.97. The Bertz CT molecular complexity index is 302. The van der Waals surface area contributed by atoms with Crippen molar-refractivity contribution in [2.75, 3.05) is 0 Å². The normalized spacial score (nSPS) is 10.7. The van der Waals surface area contributed by atoms with Gasteiger partial charge in [-0.2, -0.15) is 0 Å². The molecule has 0 bridgehead atoms. The maximum Gasteiger partial charge on any atom is 0.356 e. The molecule has 4 heteroatoms. The van der Waals surface area contributed by atoms with Crippen LogP contribution in [0.15, 0.2) is 6.20 Å². The minimum Gasteiger partial charge on any atom is -0.476 e. The predicted octanol–water partition coefficient (Wildman–Crippen LogP) is 1.47. The van der Waals surface area contributed by atoms with Crippen molar-refractivity contribution in [2.24, 2.45) is 0 Å². The lowest BCUT2D eigenvalue weighted by molar-refractivity contribution is 0.0691. The van der Waals surface area contributed by atoms with Crippen LogP contribution in [-0.4, -0.2) is 20.6 Å². The molecule has 0 spiro atoms. The van der Waals surface area contributed by atoms with Crippen LogP contribution in [-0.2, 0) is 0 Å². The Kier molecular flexibility index (Phi) is 2.17. The highest BCUT2D eigenvalue weighted by Gasteiger charge is 2.11. The Labute approximate surface area is 70.9 Å². The second-order valence-corrected chi connectivity index (χ2v) is 2.98. The number of hydrogen-bond donors (Lipinski definition) is 1. The molecule has 0 aliphatic carbocycles. The lowest BCUT2D eigenvalue weighted by Crippen LogP contribution is -2.01. The summed E-state index contributed by atoms with van der Waals surface area (Å²) in [5.74, 6) is -0.236. The van der Waals surface area contributed by atoms with E-state index < -0.39 is 5.97 Å². The number of carboxylic acids is 1. The topological polar surface area (TPSA) is 55.1 Å². The highest BCUT2D eigenvalue weighted by Crippen LogP contribution is 2.09. The van der Waals surface area contributed by atoms with Gasteiger partial charge in [-0.25, -0.2) is 9.78 Å². The molecule has 1 rings (SSSR count). The van der Waals surface area contributed by atoms with Gasteiger partial charge < -0.3 is 9.67 Å². The zero-order chi connectivity index (χ0) is 9.30. The highest BCUT2D eigenvalue weighted by molar-refractivity contribution is 5.85. The summed E-state index contributed by atoms with van der Waals surface area (Å²) >= 11 is 0. The molecule has 12 heavy (non-hydrogen) atoms. The molecule has 66 valence electrons. The quantitative estimate of drug-likeness (QED) is 0.727. The number of hydrogen-bond acceptors (Lipinski definition) is 2. The fourth-order valence-electron chi connectivity index (χ4n) is 1.11. The molecule has 1 N–H and O–H groups in total. The van der Waals surface area contributed by atoms with Gasteiger partial charge in [-0.1, -0.05) is 0 Å². The number of rotatable bonds is 2. The Balaban J connectivity index is 3.09. The zero-order valence-corrected chi connectivity index (χ0v) is 7.40. The first-order valence-electron chi connectivity index (χ1n) is 3.81. The van der Waals surface area contributed by atoms with Crippen molar-refractivity contribution in [1.82, 2.24) is 9.55 Å². The highest BCUT2D eigenvalue weighted by atomic mass is 16.4. The second-order valence-electron chi connectivity index (χ2n) is 2.98. The van der Waals surface area contributed by atoms with Crippen molar-refractivity contribution in [2.45, 2.75) is 26.8 Å². The van der Waals surface area contributed by atoms with E-state index in [4.69, 9.17) is 5.11 Å². The standard InChI is InChI=1S/C8H12N2O2/c1-5(2)10-4-7(8(11)12)9-6(10)3/h4-5H,1-3H3,(H,11,12). The summed E-state index contributed by atoms with van der Waals surface area (Å²) in [5, 5.41) is 8.63. The molecular formula is C8H12N2O2. The van der Waals surface area contributed by atoms with E-state index in [1.165, 1.54) is 0 Å². The van der Waals surface area contributed by atoms with Crippen LogP contribution >= 0.6 is 0 Å². The van der Waals surface area contributed by atoms with Gasteiger partial charge in [-0.05, 0) is 20.8 Å². The minimum absolute atomic E-state index is 0.112. The number of carbonyl (C=O) groups is 1. The molecule has 0 atom stereocenters. The molecule has 0 amide bonds. The van der Waals surface area contributed by atoms with E-state index >= 15 is 0 Å². The fourth-order valence-corrected chi connectivity index (χ4v) is 1.11. The van der Waals surface area contributed by atoms with Crippen LogP contribution in [0.3, 0.4) is 0 Å². The summed E-state index contributed by atoms with van der Waals surface area (Å²) in [5.41, 5.74) is 0.112. The minimum atomic E-state index is -0.975. The van der Waals surface area contributed by atoms with Crippen LogP contribution in [0.25, 0.3) is 0 Å². The van der Waals surface area contributed by atoms with E-state index in [2.05, 4.69) is 4.98 Å². The molecule has 0 saturated heterocycles. The Morgan fingerprint density at radius 1 is 1.67 bits per heavy atom. The summed E-state index contributed by atoms with van der Waals surface area (Å²) in [4.78, 5) is 14.4. The van der Waals surface area contributed by atoms with Crippen LogP contribution in [0.5, 0.6) is 0 Å². The van der Waals surface area contributed by atoms with Gasteiger partial charge in [0, 0.05) is 12.2 Å². The van der Waals surface area contributed by atoms with E-state index in [0.29, 0.717) is 0 Å². The average Bonchev–Trinajstić information content (AvgIpc) is 2.30. The monoisotopic (exact) mass is 168 g/mol. The van der Waals surface area contributed by atoms with Crippen molar-refractivity contribution < 1.29 is 9.90 Å². The first-order valence-corrected chi connectivity index (χ1v) is 3.81. The van der Waals surface area contributed by atoms with E-state index in [-0.39, 0.29) is 11.7 Å². The molecular weight excluding hydrogens is 156 g/mol. The maximum absolute atomic E-state index is 10.5. The lowest BCUT2D eigenvalue weighted by atomic mass is 10.4. The van der Waals surface area contributed by atoms with Crippen molar-refractivity contribution in [3.63, 3.8) is 0 Å². The number of carboxylic acid groups (broad SMARTS) is 1. The Morgan fingerprint density at radius 2 is 2.25 bits per heavy atom. The van der Waals surface area contributed by atoms with Crippen molar-refractivity contribution in [3.8, 4) is 0 Å². The van der Waals surface area contributed by atoms with Crippen LogP contribution in [0.2, 0.25) is 0 Å². The number of nitrogens with zero attached hydrogens (tertiary/aromatic N) is 2.